The summed E-state index contributed by atoms with van der Waals surface area (Å²) in [6.07, 6.45) is 13.9. The zero-order valence-corrected chi connectivity index (χ0v) is 11.1. The molecule has 0 heterocycles. The van der Waals surface area contributed by atoms with Crippen molar-refractivity contribution in [1.29, 1.82) is 0 Å². The molecular formula is C15H28O. The molecule has 0 N–H and O–H groups in total. The van der Waals surface area contributed by atoms with Crippen LogP contribution in [0.5, 0.6) is 0 Å². The van der Waals surface area contributed by atoms with Gasteiger partial charge in [-0.1, -0.05) is 58.8 Å². The number of carbonyl (C=O) groups is 1. The zero-order chi connectivity index (χ0) is 11.9. The molecule has 1 rings (SSSR count). The normalized spacial score (nSPS) is 33.2. The maximum Gasteiger partial charge on any atom is 0.126 e. The lowest BCUT2D eigenvalue weighted by molar-refractivity contribution is -0.120. The van der Waals surface area contributed by atoms with Crippen LogP contribution in [0, 0.1) is 11.3 Å². The largest absolute Gasteiger partial charge is 0.303 e. The monoisotopic (exact) mass is 224 g/mol. The molecule has 0 aromatic carbocycles. The average Bonchev–Trinajstić information content (AvgIpc) is 2.34. The molecule has 0 aromatic heterocycles. The minimum Gasteiger partial charge on any atom is -0.303 e. The van der Waals surface area contributed by atoms with Crippen molar-refractivity contribution in [3.05, 3.63) is 0 Å². The van der Waals surface area contributed by atoms with E-state index >= 15 is 0 Å². The maximum atomic E-state index is 11.5. The van der Waals surface area contributed by atoms with Crippen LogP contribution in [0.4, 0.5) is 0 Å². The molecule has 2 unspecified atom stereocenters. The molecule has 1 nitrogen and oxygen atoms in total. The van der Waals surface area contributed by atoms with E-state index in [4.69, 9.17) is 0 Å². The van der Waals surface area contributed by atoms with Crippen LogP contribution in [0.3, 0.4) is 0 Å². The molecule has 1 aliphatic carbocycles. The Labute approximate surface area is 101 Å². The van der Waals surface area contributed by atoms with E-state index in [9.17, 15) is 4.79 Å². The summed E-state index contributed by atoms with van der Waals surface area (Å²) in [7, 11) is 0. The van der Waals surface area contributed by atoms with Crippen molar-refractivity contribution < 1.29 is 4.79 Å². The van der Waals surface area contributed by atoms with Crippen LogP contribution < -0.4 is 0 Å². The molecule has 1 saturated carbocycles. The van der Waals surface area contributed by atoms with E-state index in [-0.39, 0.29) is 5.41 Å². The average molecular weight is 224 g/mol. The van der Waals surface area contributed by atoms with E-state index in [2.05, 4.69) is 13.8 Å². The van der Waals surface area contributed by atoms with Gasteiger partial charge in [-0.15, -0.1) is 0 Å². The zero-order valence-electron chi connectivity index (χ0n) is 11.1. The molecule has 0 aromatic rings. The first-order chi connectivity index (χ1) is 7.79. The van der Waals surface area contributed by atoms with Gasteiger partial charge in [-0.2, -0.15) is 0 Å². The van der Waals surface area contributed by atoms with Gasteiger partial charge in [0.25, 0.3) is 0 Å². The number of aldehydes is 1. The highest BCUT2D eigenvalue weighted by Gasteiger charge is 2.35. The Hall–Kier alpha value is -0.330. The number of hydrogen-bond donors (Lipinski definition) is 0. The summed E-state index contributed by atoms with van der Waals surface area (Å²) in [6.45, 7) is 4.45. The summed E-state index contributed by atoms with van der Waals surface area (Å²) < 4.78 is 0. The predicted octanol–water partition coefficient (Wildman–Crippen LogP) is 4.74. The maximum absolute atomic E-state index is 11.5. The van der Waals surface area contributed by atoms with Crippen molar-refractivity contribution in [2.24, 2.45) is 11.3 Å². The fourth-order valence-electron chi connectivity index (χ4n) is 3.36. The summed E-state index contributed by atoms with van der Waals surface area (Å²) in [5.74, 6) is 0.632. The van der Waals surface area contributed by atoms with E-state index in [0.29, 0.717) is 5.92 Å². The lowest BCUT2D eigenvalue weighted by Crippen LogP contribution is -2.32. The first kappa shape index (κ1) is 13.7. The van der Waals surface area contributed by atoms with Crippen LogP contribution in [-0.2, 0) is 4.79 Å². The second kappa shape index (κ2) is 7.09. The van der Waals surface area contributed by atoms with Gasteiger partial charge in [0.2, 0.25) is 0 Å². The van der Waals surface area contributed by atoms with Gasteiger partial charge >= 0.3 is 0 Å². The number of carbonyl (C=O) groups excluding carboxylic acids is 1. The van der Waals surface area contributed by atoms with Crippen LogP contribution in [0.15, 0.2) is 0 Å². The lowest BCUT2D eigenvalue weighted by Gasteiger charge is -2.36. The van der Waals surface area contributed by atoms with Gasteiger partial charge in [0, 0.05) is 5.41 Å². The smallest absolute Gasteiger partial charge is 0.126 e. The van der Waals surface area contributed by atoms with Crippen LogP contribution >= 0.6 is 0 Å². The summed E-state index contributed by atoms with van der Waals surface area (Å²) in [6, 6.07) is 0. The number of rotatable bonds is 3. The third-order valence-electron chi connectivity index (χ3n) is 4.64. The molecular weight excluding hydrogens is 196 g/mol. The molecule has 0 saturated heterocycles. The molecule has 1 aliphatic rings. The van der Waals surface area contributed by atoms with Crippen molar-refractivity contribution in [2.75, 3.05) is 0 Å². The van der Waals surface area contributed by atoms with Crippen LogP contribution in [-0.4, -0.2) is 6.29 Å². The van der Waals surface area contributed by atoms with Gasteiger partial charge < -0.3 is 4.79 Å². The second-order valence-corrected chi connectivity index (χ2v) is 5.47. The SMILES string of the molecule is CCC1CCCCCCCCC1(C=O)CC. The molecule has 0 spiro atoms. The van der Waals surface area contributed by atoms with E-state index in [1.165, 1.54) is 57.7 Å². The topological polar surface area (TPSA) is 17.1 Å². The minimum atomic E-state index is 0.00604. The molecule has 1 heteroatoms. The Morgan fingerprint density at radius 1 is 1.06 bits per heavy atom. The highest BCUT2D eigenvalue weighted by atomic mass is 16.1. The predicted molar refractivity (Wildman–Crippen MR) is 69.5 cm³/mol. The van der Waals surface area contributed by atoms with Crippen molar-refractivity contribution in [3.8, 4) is 0 Å². The Balaban J connectivity index is 2.72. The molecule has 2 atom stereocenters. The quantitative estimate of drug-likeness (QED) is 0.633. The van der Waals surface area contributed by atoms with Crippen molar-refractivity contribution in [3.63, 3.8) is 0 Å². The summed E-state index contributed by atoms with van der Waals surface area (Å²) in [5.41, 5.74) is 0.00604. The van der Waals surface area contributed by atoms with Gasteiger partial charge in [-0.25, -0.2) is 0 Å². The molecule has 0 radical (unpaired) electrons. The van der Waals surface area contributed by atoms with Gasteiger partial charge in [-0.05, 0) is 25.2 Å². The summed E-state index contributed by atoms with van der Waals surface area (Å²) >= 11 is 0. The Morgan fingerprint density at radius 3 is 2.25 bits per heavy atom. The highest BCUT2D eigenvalue weighted by Crippen LogP contribution is 2.40. The van der Waals surface area contributed by atoms with E-state index in [0.717, 1.165) is 12.8 Å². The van der Waals surface area contributed by atoms with Crippen LogP contribution in [0.2, 0.25) is 0 Å². The lowest BCUT2D eigenvalue weighted by atomic mass is 9.67. The van der Waals surface area contributed by atoms with Gasteiger partial charge in [-0.3, -0.25) is 0 Å². The Morgan fingerprint density at radius 2 is 1.69 bits per heavy atom. The van der Waals surface area contributed by atoms with Gasteiger partial charge in [0.15, 0.2) is 0 Å². The van der Waals surface area contributed by atoms with Crippen LogP contribution in [0.25, 0.3) is 0 Å². The second-order valence-electron chi connectivity index (χ2n) is 5.47. The fraction of sp³-hybridized carbons (Fsp3) is 0.933. The molecule has 16 heavy (non-hydrogen) atoms. The Bertz CT molecular complexity index is 200. The van der Waals surface area contributed by atoms with Crippen molar-refractivity contribution >= 4 is 6.29 Å². The van der Waals surface area contributed by atoms with E-state index in [1.807, 2.05) is 0 Å². The first-order valence-electron chi connectivity index (χ1n) is 7.25. The third-order valence-corrected chi connectivity index (χ3v) is 4.64. The molecule has 0 aliphatic heterocycles. The molecule has 94 valence electrons. The van der Waals surface area contributed by atoms with E-state index < -0.39 is 0 Å². The van der Waals surface area contributed by atoms with Gasteiger partial charge in [0.1, 0.15) is 6.29 Å². The Kier molecular flexibility index (Phi) is 6.08. The molecule has 1 fully saturated rings. The summed E-state index contributed by atoms with van der Waals surface area (Å²) in [4.78, 5) is 11.5. The standard InChI is InChI=1S/C15H28O/c1-3-14-11-9-7-5-6-8-10-12-15(14,4-2)13-16/h13-14H,3-12H2,1-2H3. The number of hydrogen-bond acceptors (Lipinski definition) is 1. The summed E-state index contributed by atoms with van der Waals surface area (Å²) in [5, 5.41) is 0. The van der Waals surface area contributed by atoms with E-state index in [1.54, 1.807) is 0 Å². The molecule has 0 bridgehead atoms. The first-order valence-corrected chi connectivity index (χ1v) is 7.25. The fourth-order valence-corrected chi connectivity index (χ4v) is 3.36. The molecule has 0 amide bonds. The van der Waals surface area contributed by atoms with Crippen molar-refractivity contribution in [2.45, 2.75) is 78.1 Å². The van der Waals surface area contributed by atoms with Gasteiger partial charge in [0.05, 0.1) is 0 Å². The minimum absolute atomic E-state index is 0.00604. The van der Waals surface area contributed by atoms with Crippen molar-refractivity contribution in [1.82, 2.24) is 0 Å². The van der Waals surface area contributed by atoms with Crippen LogP contribution in [0.1, 0.15) is 78.1 Å². The highest BCUT2D eigenvalue weighted by molar-refractivity contribution is 5.59. The third kappa shape index (κ3) is 3.33.